The molecule has 2 aromatic rings. The zero-order valence-corrected chi connectivity index (χ0v) is 12.3. The van der Waals surface area contributed by atoms with E-state index in [4.69, 9.17) is 0 Å². The standard InChI is InChI=1S/C15H13BrN2O2/c16-12-7-8-14(15(10-12)18(19)20)17-9-3-5-11-4-1-2-6-13(11)17/h1-2,4,6-8,10H,3,5,9H2. The fourth-order valence-electron chi connectivity index (χ4n) is 2.65. The maximum atomic E-state index is 11.3. The van der Waals surface area contributed by atoms with Crippen LogP contribution in [0.2, 0.25) is 0 Å². The quantitative estimate of drug-likeness (QED) is 0.603. The average molecular weight is 333 g/mol. The Morgan fingerprint density at radius 3 is 2.75 bits per heavy atom. The Morgan fingerprint density at radius 2 is 1.95 bits per heavy atom. The summed E-state index contributed by atoms with van der Waals surface area (Å²) >= 11 is 3.30. The van der Waals surface area contributed by atoms with Crippen LogP contribution in [0.3, 0.4) is 0 Å². The Bertz CT molecular complexity index is 673. The molecule has 0 saturated carbocycles. The molecule has 1 heterocycles. The Labute approximate surface area is 125 Å². The normalized spacial score (nSPS) is 13.9. The van der Waals surface area contributed by atoms with Gasteiger partial charge in [0.25, 0.3) is 5.69 Å². The summed E-state index contributed by atoms with van der Waals surface area (Å²) in [6.45, 7) is 0.805. The summed E-state index contributed by atoms with van der Waals surface area (Å²) in [7, 11) is 0. The lowest BCUT2D eigenvalue weighted by atomic mass is 10.0. The molecule has 0 saturated heterocycles. The molecule has 0 amide bonds. The number of hydrogen-bond donors (Lipinski definition) is 0. The highest BCUT2D eigenvalue weighted by Gasteiger charge is 2.24. The maximum Gasteiger partial charge on any atom is 0.294 e. The van der Waals surface area contributed by atoms with Crippen LogP contribution in [-0.2, 0) is 6.42 Å². The number of para-hydroxylation sites is 1. The third-order valence-corrected chi connectivity index (χ3v) is 4.03. The molecular formula is C15H13BrN2O2. The van der Waals surface area contributed by atoms with Crippen LogP contribution < -0.4 is 4.90 Å². The van der Waals surface area contributed by atoms with Crippen LogP contribution in [-0.4, -0.2) is 11.5 Å². The van der Waals surface area contributed by atoms with Gasteiger partial charge in [-0.3, -0.25) is 10.1 Å². The van der Waals surface area contributed by atoms with Crippen LogP contribution in [0.4, 0.5) is 17.1 Å². The van der Waals surface area contributed by atoms with Gasteiger partial charge in [-0.05, 0) is 36.6 Å². The summed E-state index contributed by atoms with van der Waals surface area (Å²) in [5, 5.41) is 11.3. The molecule has 3 rings (SSSR count). The van der Waals surface area contributed by atoms with Gasteiger partial charge in [0, 0.05) is 22.8 Å². The first-order valence-electron chi connectivity index (χ1n) is 6.46. The topological polar surface area (TPSA) is 46.4 Å². The molecule has 1 aliphatic rings. The van der Waals surface area contributed by atoms with Gasteiger partial charge in [-0.15, -0.1) is 0 Å². The van der Waals surface area contributed by atoms with Gasteiger partial charge in [0.2, 0.25) is 0 Å². The molecule has 0 aliphatic carbocycles. The summed E-state index contributed by atoms with van der Waals surface area (Å²) in [5.74, 6) is 0. The van der Waals surface area contributed by atoms with E-state index in [0.717, 1.165) is 29.5 Å². The molecule has 4 nitrogen and oxygen atoms in total. The van der Waals surface area contributed by atoms with Gasteiger partial charge in [0.1, 0.15) is 5.69 Å². The van der Waals surface area contributed by atoms with Crippen molar-refractivity contribution in [2.75, 3.05) is 11.4 Å². The minimum Gasteiger partial charge on any atom is -0.336 e. The predicted octanol–water partition coefficient (Wildman–Crippen LogP) is 4.44. The molecule has 0 N–H and O–H groups in total. The molecule has 102 valence electrons. The molecule has 0 bridgehead atoms. The van der Waals surface area contributed by atoms with Gasteiger partial charge in [-0.25, -0.2) is 0 Å². The smallest absolute Gasteiger partial charge is 0.294 e. The molecule has 0 aromatic heterocycles. The van der Waals surface area contributed by atoms with E-state index in [2.05, 4.69) is 22.0 Å². The number of nitro benzene ring substituents is 1. The van der Waals surface area contributed by atoms with Crippen LogP contribution in [0.1, 0.15) is 12.0 Å². The van der Waals surface area contributed by atoms with Crippen molar-refractivity contribution in [1.29, 1.82) is 0 Å². The van der Waals surface area contributed by atoms with E-state index in [1.165, 1.54) is 5.56 Å². The first-order chi connectivity index (χ1) is 9.66. The largest absolute Gasteiger partial charge is 0.336 e. The van der Waals surface area contributed by atoms with E-state index in [1.807, 2.05) is 35.2 Å². The summed E-state index contributed by atoms with van der Waals surface area (Å²) in [6, 6.07) is 13.3. The number of rotatable bonds is 2. The van der Waals surface area contributed by atoms with E-state index < -0.39 is 0 Å². The van der Waals surface area contributed by atoms with Crippen LogP contribution >= 0.6 is 15.9 Å². The Morgan fingerprint density at radius 1 is 1.15 bits per heavy atom. The zero-order chi connectivity index (χ0) is 14.1. The van der Waals surface area contributed by atoms with Gasteiger partial charge in [0.05, 0.1) is 4.92 Å². The Hall–Kier alpha value is -1.88. The van der Waals surface area contributed by atoms with Crippen molar-refractivity contribution in [1.82, 2.24) is 0 Å². The van der Waals surface area contributed by atoms with E-state index in [-0.39, 0.29) is 10.6 Å². The molecule has 0 atom stereocenters. The molecular weight excluding hydrogens is 320 g/mol. The third-order valence-electron chi connectivity index (χ3n) is 3.54. The fraction of sp³-hybridized carbons (Fsp3) is 0.200. The highest BCUT2D eigenvalue weighted by molar-refractivity contribution is 9.10. The van der Waals surface area contributed by atoms with Crippen molar-refractivity contribution >= 4 is 33.0 Å². The average Bonchev–Trinajstić information content (AvgIpc) is 2.46. The van der Waals surface area contributed by atoms with E-state index in [9.17, 15) is 10.1 Å². The van der Waals surface area contributed by atoms with Crippen molar-refractivity contribution < 1.29 is 4.92 Å². The highest BCUT2D eigenvalue weighted by Crippen LogP contribution is 2.39. The van der Waals surface area contributed by atoms with Crippen molar-refractivity contribution in [3.8, 4) is 0 Å². The molecule has 0 unspecified atom stereocenters. The van der Waals surface area contributed by atoms with Crippen molar-refractivity contribution in [2.45, 2.75) is 12.8 Å². The number of aryl methyl sites for hydroxylation is 1. The van der Waals surface area contributed by atoms with E-state index in [0.29, 0.717) is 5.69 Å². The molecule has 0 spiro atoms. The lowest BCUT2D eigenvalue weighted by Crippen LogP contribution is -2.25. The summed E-state index contributed by atoms with van der Waals surface area (Å²) in [4.78, 5) is 13.0. The number of halogens is 1. The Balaban J connectivity index is 2.13. The summed E-state index contributed by atoms with van der Waals surface area (Å²) < 4.78 is 0.721. The van der Waals surface area contributed by atoms with Gasteiger partial charge in [0.15, 0.2) is 0 Å². The van der Waals surface area contributed by atoms with E-state index in [1.54, 1.807) is 6.07 Å². The minimum atomic E-state index is -0.322. The van der Waals surface area contributed by atoms with Crippen molar-refractivity contribution in [3.05, 3.63) is 62.6 Å². The number of nitrogens with zero attached hydrogens (tertiary/aromatic N) is 2. The zero-order valence-electron chi connectivity index (χ0n) is 10.8. The second-order valence-corrected chi connectivity index (χ2v) is 5.69. The SMILES string of the molecule is O=[N+]([O-])c1cc(Br)ccc1N1CCCc2ccccc21. The second kappa shape index (κ2) is 5.25. The van der Waals surface area contributed by atoms with Crippen molar-refractivity contribution in [2.24, 2.45) is 0 Å². The molecule has 20 heavy (non-hydrogen) atoms. The van der Waals surface area contributed by atoms with Gasteiger partial charge in [-0.1, -0.05) is 34.1 Å². The first-order valence-corrected chi connectivity index (χ1v) is 7.25. The molecule has 2 aromatic carbocycles. The lowest BCUT2D eigenvalue weighted by molar-refractivity contribution is -0.384. The molecule has 0 fully saturated rings. The molecule has 1 aliphatic heterocycles. The van der Waals surface area contributed by atoms with Crippen LogP contribution in [0.25, 0.3) is 0 Å². The number of fused-ring (bicyclic) bond motifs is 1. The number of nitro groups is 1. The van der Waals surface area contributed by atoms with Crippen LogP contribution in [0.15, 0.2) is 46.9 Å². The lowest BCUT2D eigenvalue weighted by Gasteiger charge is -2.31. The van der Waals surface area contributed by atoms with Crippen LogP contribution in [0.5, 0.6) is 0 Å². The van der Waals surface area contributed by atoms with Crippen molar-refractivity contribution in [3.63, 3.8) is 0 Å². The van der Waals surface area contributed by atoms with Gasteiger partial charge in [-0.2, -0.15) is 0 Å². The third kappa shape index (κ3) is 2.29. The minimum absolute atomic E-state index is 0.135. The second-order valence-electron chi connectivity index (χ2n) is 4.77. The molecule has 5 heteroatoms. The van der Waals surface area contributed by atoms with Crippen LogP contribution in [0, 0.1) is 10.1 Å². The van der Waals surface area contributed by atoms with E-state index >= 15 is 0 Å². The monoisotopic (exact) mass is 332 g/mol. The predicted molar refractivity (Wildman–Crippen MR) is 82.6 cm³/mol. The number of anilines is 2. The number of hydrogen-bond acceptors (Lipinski definition) is 3. The fourth-order valence-corrected chi connectivity index (χ4v) is 3.00. The van der Waals surface area contributed by atoms with Gasteiger partial charge >= 0.3 is 0 Å². The van der Waals surface area contributed by atoms with Gasteiger partial charge < -0.3 is 4.90 Å². The summed E-state index contributed by atoms with van der Waals surface area (Å²) in [6.07, 6.45) is 2.03. The Kier molecular flexibility index (Phi) is 3.44. The highest BCUT2D eigenvalue weighted by atomic mass is 79.9. The molecule has 0 radical (unpaired) electrons. The number of benzene rings is 2. The summed E-state index contributed by atoms with van der Waals surface area (Å²) in [5.41, 5.74) is 3.11. The maximum absolute atomic E-state index is 11.3. The first kappa shape index (κ1) is 13.1.